The fourth-order valence-electron chi connectivity index (χ4n) is 4.11. The number of nitrogens with zero attached hydrogens (tertiary/aromatic N) is 1. The molecule has 3 aromatic carbocycles. The van der Waals surface area contributed by atoms with Gasteiger partial charge in [0, 0.05) is 6.07 Å². The molecule has 37 heavy (non-hydrogen) atoms. The molecule has 1 N–H and O–H groups in total. The molecule has 0 saturated carbocycles. The summed E-state index contributed by atoms with van der Waals surface area (Å²) in [5.41, 5.74) is 4.65. The van der Waals surface area contributed by atoms with Gasteiger partial charge in [0.25, 0.3) is 10.0 Å². The summed E-state index contributed by atoms with van der Waals surface area (Å²) in [6, 6.07) is 14.6. The molecule has 0 aliphatic carbocycles. The second kappa shape index (κ2) is 11.6. The normalized spacial score (nSPS) is 12.0. The van der Waals surface area contributed by atoms with Gasteiger partial charge in [-0.1, -0.05) is 12.1 Å². The zero-order valence-electron chi connectivity index (χ0n) is 22.3. The third-order valence-corrected chi connectivity index (χ3v) is 8.09. The Balaban J connectivity index is 1.96. The number of methoxy groups -OCH3 is 3. The molecule has 0 aromatic heterocycles. The molecule has 0 radical (unpaired) electrons. The SMILES string of the molecule is COc1ccc(N(CC(=O)NC(C)c2cc(C)c(C)cc2C)S(=O)(=O)c2ccc(OC)c(OC)c2)cc1. The smallest absolute Gasteiger partial charge is 0.264 e. The molecule has 3 rings (SSSR count). The van der Waals surface area contributed by atoms with Gasteiger partial charge in [-0.25, -0.2) is 8.42 Å². The zero-order chi connectivity index (χ0) is 27.3. The van der Waals surface area contributed by atoms with Gasteiger partial charge in [-0.05, 0) is 86.3 Å². The number of rotatable bonds is 10. The molecule has 3 aromatic rings. The summed E-state index contributed by atoms with van der Waals surface area (Å²) in [6.07, 6.45) is 0. The van der Waals surface area contributed by atoms with Crippen molar-refractivity contribution < 1.29 is 27.4 Å². The molecule has 0 fully saturated rings. The lowest BCUT2D eigenvalue weighted by atomic mass is 9.96. The monoisotopic (exact) mass is 526 g/mol. The van der Waals surface area contributed by atoms with Crippen molar-refractivity contribution in [2.24, 2.45) is 0 Å². The van der Waals surface area contributed by atoms with Gasteiger partial charge in [0.2, 0.25) is 5.91 Å². The molecule has 0 aliphatic rings. The van der Waals surface area contributed by atoms with Crippen molar-refractivity contribution in [2.75, 3.05) is 32.2 Å². The Morgan fingerprint density at radius 3 is 2.05 bits per heavy atom. The maximum absolute atomic E-state index is 13.8. The van der Waals surface area contributed by atoms with E-state index in [0.29, 0.717) is 17.2 Å². The van der Waals surface area contributed by atoms with E-state index in [0.717, 1.165) is 21.0 Å². The van der Waals surface area contributed by atoms with Crippen LogP contribution in [0.3, 0.4) is 0 Å². The molecule has 0 bridgehead atoms. The van der Waals surface area contributed by atoms with E-state index in [2.05, 4.69) is 17.4 Å². The van der Waals surface area contributed by atoms with Crippen LogP contribution in [-0.2, 0) is 14.8 Å². The number of aryl methyl sites for hydroxylation is 3. The third-order valence-electron chi connectivity index (χ3n) is 6.32. The van der Waals surface area contributed by atoms with Crippen molar-refractivity contribution in [3.05, 3.63) is 76.9 Å². The lowest BCUT2D eigenvalue weighted by Crippen LogP contribution is -2.41. The van der Waals surface area contributed by atoms with Gasteiger partial charge in [-0.15, -0.1) is 0 Å². The highest BCUT2D eigenvalue weighted by Gasteiger charge is 2.29. The number of ether oxygens (including phenoxy) is 3. The Hall–Kier alpha value is -3.72. The molecule has 1 atom stereocenters. The van der Waals surface area contributed by atoms with E-state index in [-0.39, 0.29) is 16.7 Å². The van der Waals surface area contributed by atoms with Crippen molar-refractivity contribution in [1.82, 2.24) is 5.32 Å². The predicted octanol–water partition coefficient (Wildman–Crippen LogP) is 4.71. The minimum atomic E-state index is -4.15. The predicted molar refractivity (Wildman–Crippen MR) is 144 cm³/mol. The van der Waals surface area contributed by atoms with Crippen LogP contribution in [0.1, 0.15) is 35.2 Å². The van der Waals surface area contributed by atoms with Gasteiger partial charge in [-0.3, -0.25) is 9.10 Å². The summed E-state index contributed by atoms with van der Waals surface area (Å²) >= 11 is 0. The summed E-state index contributed by atoms with van der Waals surface area (Å²) in [5, 5.41) is 2.96. The number of amides is 1. The summed E-state index contributed by atoms with van der Waals surface area (Å²) in [7, 11) is 0.274. The summed E-state index contributed by atoms with van der Waals surface area (Å²) in [5.74, 6) is 0.787. The average molecular weight is 527 g/mol. The first kappa shape index (κ1) is 27.9. The first-order chi connectivity index (χ1) is 17.5. The van der Waals surface area contributed by atoms with Gasteiger partial charge >= 0.3 is 0 Å². The summed E-state index contributed by atoms with van der Waals surface area (Å²) in [4.78, 5) is 13.2. The zero-order valence-corrected chi connectivity index (χ0v) is 23.1. The number of nitrogens with one attached hydrogen (secondary N) is 1. The highest BCUT2D eigenvalue weighted by Crippen LogP contribution is 2.32. The van der Waals surface area contributed by atoms with Crippen LogP contribution in [0, 0.1) is 20.8 Å². The van der Waals surface area contributed by atoms with E-state index in [4.69, 9.17) is 14.2 Å². The topological polar surface area (TPSA) is 94.2 Å². The Morgan fingerprint density at radius 1 is 0.838 bits per heavy atom. The highest BCUT2D eigenvalue weighted by molar-refractivity contribution is 7.92. The van der Waals surface area contributed by atoms with E-state index in [1.54, 1.807) is 24.3 Å². The van der Waals surface area contributed by atoms with Crippen LogP contribution in [0.15, 0.2) is 59.5 Å². The van der Waals surface area contributed by atoms with E-state index in [9.17, 15) is 13.2 Å². The van der Waals surface area contributed by atoms with Gasteiger partial charge in [-0.2, -0.15) is 0 Å². The molecule has 0 spiro atoms. The molecule has 198 valence electrons. The van der Waals surface area contributed by atoms with E-state index >= 15 is 0 Å². The molecule has 1 unspecified atom stereocenters. The first-order valence-corrected chi connectivity index (χ1v) is 13.2. The Morgan fingerprint density at radius 2 is 1.46 bits per heavy atom. The van der Waals surface area contributed by atoms with Crippen LogP contribution in [-0.4, -0.2) is 42.2 Å². The van der Waals surface area contributed by atoms with Crippen molar-refractivity contribution in [3.63, 3.8) is 0 Å². The standard InChI is InChI=1S/C28H34N2O6S/c1-18-14-20(3)25(15-19(18)2)21(4)29-28(31)17-30(22-8-10-23(34-5)11-9-22)37(32,33)24-12-13-26(35-6)27(16-24)36-7/h8-16,21H,17H2,1-7H3,(H,29,31). The number of anilines is 1. The van der Waals surface area contributed by atoms with Gasteiger partial charge in [0.05, 0.1) is 38.0 Å². The number of carbonyl (C=O) groups excluding carboxylic acids is 1. The van der Waals surface area contributed by atoms with Crippen molar-refractivity contribution in [3.8, 4) is 17.2 Å². The molecular weight excluding hydrogens is 492 g/mol. The number of benzene rings is 3. The number of carbonyl (C=O) groups is 1. The second-order valence-corrected chi connectivity index (χ2v) is 10.7. The summed E-state index contributed by atoms with van der Waals surface area (Å²) in [6.45, 7) is 7.53. The summed E-state index contributed by atoms with van der Waals surface area (Å²) < 4.78 is 44.4. The van der Waals surface area contributed by atoms with E-state index < -0.39 is 22.5 Å². The fraction of sp³-hybridized carbons (Fsp3) is 0.321. The fourth-order valence-corrected chi connectivity index (χ4v) is 5.55. The van der Waals surface area contributed by atoms with Gasteiger partial charge < -0.3 is 19.5 Å². The molecule has 0 saturated heterocycles. The maximum atomic E-state index is 13.8. The second-order valence-electron chi connectivity index (χ2n) is 8.81. The first-order valence-electron chi connectivity index (χ1n) is 11.8. The highest BCUT2D eigenvalue weighted by atomic mass is 32.2. The van der Waals surface area contributed by atoms with Crippen LogP contribution in [0.25, 0.3) is 0 Å². The van der Waals surface area contributed by atoms with Crippen molar-refractivity contribution in [1.29, 1.82) is 0 Å². The largest absolute Gasteiger partial charge is 0.497 e. The Kier molecular flexibility index (Phi) is 8.70. The number of hydrogen-bond acceptors (Lipinski definition) is 6. The molecule has 8 nitrogen and oxygen atoms in total. The Labute approximate surface area is 219 Å². The van der Waals surface area contributed by atoms with Gasteiger partial charge in [0.1, 0.15) is 12.3 Å². The lowest BCUT2D eigenvalue weighted by Gasteiger charge is -2.26. The minimum absolute atomic E-state index is 0.0354. The van der Waals surface area contributed by atoms with Crippen LogP contribution < -0.4 is 23.8 Å². The minimum Gasteiger partial charge on any atom is -0.497 e. The average Bonchev–Trinajstić information content (AvgIpc) is 2.88. The number of hydrogen-bond donors (Lipinski definition) is 1. The van der Waals surface area contributed by atoms with Crippen LogP contribution in [0.2, 0.25) is 0 Å². The number of sulfonamides is 1. The van der Waals surface area contributed by atoms with Crippen molar-refractivity contribution >= 4 is 21.6 Å². The molecular formula is C28H34N2O6S. The van der Waals surface area contributed by atoms with E-state index in [1.165, 1.54) is 45.1 Å². The molecule has 1 amide bonds. The molecule has 0 aliphatic heterocycles. The maximum Gasteiger partial charge on any atom is 0.264 e. The third kappa shape index (κ3) is 6.17. The van der Waals surface area contributed by atoms with Crippen LogP contribution >= 0.6 is 0 Å². The Bertz CT molecular complexity index is 1370. The molecule has 0 heterocycles. The quantitative estimate of drug-likeness (QED) is 0.411. The van der Waals surface area contributed by atoms with Crippen LogP contribution in [0.4, 0.5) is 5.69 Å². The van der Waals surface area contributed by atoms with Gasteiger partial charge in [0.15, 0.2) is 11.5 Å². The lowest BCUT2D eigenvalue weighted by molar-refractivity contribution is -0.120. The molecule has 9 heteroatoms. The van der Waals surface area contributed by atoms with Crippen molar-refractivity contribution in [2.45, 2.75) is 38.6 Å². The van der Waals surface area contributed by atoms with E-state index in [1.807, 2.05) is 27.7 Å². The van der Waals surface area contributed by atoms with Crippen LogP contribution in [0.5, 0.6) is 17.2 Å².